The van der Waals surface area contributed by atoms with E-state index in [0.717, 1.165) is 0 Å². The van der Waals surface area contributed by atoms with Gasteiger partial charge >= 0.3 is 0 Å². The van der Waals surface area contributed by atoms with E-state index in [-0.39, 0.29) is 22.9 Å². The Morgan fingerprint density at radius 2 is 1.74 bits per heavy atom. The largest absolute Gasteiger partial charge is 0.496 e. The molecule has 1 amide bonds. The monoisotopic (exact) mass is 525 g/mol. The summed E-state index contributed by atoms with van der Waals surface area (Å²) in [6.07, 6.45) is 2.65. The van der Waals surface area contributed by atoms with Crippen LogP contribution in [0.2, 0.25) is 0 Å². The number of nitrogen functional groups attached to an aromatic ring is 1. The van der Waals surface area contributed by atoms with E-state index in [4.69, 9.17) is 24.7 Å². The highest BCUT2D eigenvalue weighted by molar-refractivity contribution is 6.06. The molecule has 0 saturated carbocycles. The molecule has 198 valence electrons. The van der Waals surface area contributed by atoms with E-state index in [1.807, 2.05) is 7.05 Å². The number of pyridine rings is 2. The van der Waals surface area contributed by atoms with Crippen LogP contribution in [0, 0.1) is 11.6 Å². The molecule has 10 nitrogen and oxygen atoms in total. The van der Waals surface area contributed by atoms with Gasteiger partial charge in [0.05, 0.1) is 25.4 Å². The van der Waals surface area contributed by atoms with Crippen LogP contribution in [0.1, 0.15) is 10.4 Å². The van der Waals surface area contributed by atoms with Crippen LogP contribution in [0.3, 0.4) is 0 Å². The number of methoxy groups -OCH3 is 2. The number of benzene rings is 2. The van der Waals surface area contributed by atoms with Crippen molar-refractivity contribution in [2.45, 2.75) is 0 Å². The minimum absolute atomic E-state index is 0.00616. The first-order valence-electron chi connectivity index (χ1n) is 11.4. The number of carbonyl (C=O) groups is 1. The maximum Gasteiger partial charge on any atom is 0.261 e. The zero-order valence-corrected chi connectivity index (χ0v) is 20.8. The number of carbonyl (C=O) groups excluding carboxylic acids is 1. The van der Waals surface area contributed by atoms with Gasteiger partial charge in [0.1, 0.15) is 29.5 Å². The van der Waals surface area contributed by atoms with Gasteiger partial charge in [-0.05, 0) is 31.3 Å². The third-order valence-electron chi connectivity index (χ3n) is 5.46. The highest BCUT2D eigenvalue weighted by Crippen LogP contribution is 2.38. The number of halogens is 2. The van der Waals surface area contributed by atoms with Crippen molar-refractivity contribution in [1.29, 1.82) is 0 Å². The lowest BCUT2D eigenvalue weighted by atomic mass is 10.1. The molecule has 0 radical (unpaired) electrons. The SMILES string of the molecule is CNCCOc1cc2nccc(Oc3ccc(NC(=O)c4cnc(N)cc4OC)c(F)c3F)c2cc1OC. The van der Waals surface area contributed by atoms with Crippen LogP contribution < -0.4 is 35.3 Å². The number of nitrogens with two attached hydrogens (primary N) is 1. The summed E-state index contributed by atoms with van der Waals surface area (Å²) in [5, 5.41) is 5.79. The van der Waals surface area contributed by atoms with E-state index in [9.17, 15) is 9.18 Å². The van der Waals surface area contributed by atoms with Gasteiger partial charge in [0, 0.05) is 36.5 Å². The summed E-state index contributed by atoms with van der Waals surface area (Å²) < 4.78 is 51.9. The summed E-state index contributed by atoms with van der Waals surface area (Å²) in [6, 6.07) is 8.55. The fourth-order valence-electron chi connectivity index (χ4n) is 3.56. The number of aromatic nitrogens is 2. The minimum Gasteiger partial charge on any atom is -0.496 e. The number of likely N-dealkylation sites (N-methyl/N-ethyl adjacent to an activating group) is 1. The maximum atomic E-state index is 15.0. The Kier molecular flexibility index (Phi) is 8.02. The minimum atomic E-state index is -1.31. The van der Waals surface area contributed by atoms with Crippen molar-refractivity contribution in [2.75, 3.05) is 45.5 Å². The number of fused-ring (bicyclic) bond motifs is 1. The highest BCUT2D eigenvalue weighted by Gasteiger charge is 2.21. The van der Waals surface area contributed by atoms with Gasteiger partial charge in [0.25, 0.3) is 5.91 Å². The van der Waals surface area contributed by atoms with Crippen LogP contribution >= 0.6 is 0 Å². The Labute approximate surface area is 216 Å². The smallest absolute Gasteiger partial charge is 0.261 e. The zero-order valence-electron chi connectivity index (χ0n) is 20.8. The van der Waals surface area contributed by atoms with Crippen molar-refractivity contribution < 1.29 is 32.5 Å². The van der Waals surface area contributed by atoms with E-state index < -0.39 is 29.0 Å². The predicted molar refractivity (Wildman–Crippen MR) is 137 cm³/mol. The van der Waals surface area contributed by atoms with Crippen LogP contribution in [0.25, 0.3) is 10.9 Å². The Bertz CT molecular complexity index is 1480. The third-order valence-corrected chi connectivity index (χ3v) is 5.46. The summed E-state index contributed by atoms with van der Waals surface area (Å²) in [4.78, 5) is 20.8. The Balaban J connectivity index is 1.60. The fraction of sp³-hybridized carbons (Fsp3) is 0.192. The Morgan fingerprint density at radius 1 is 0.947 bits per heavy atom. The molecular formula is C26H25F2N5O5. The highest BCUT2D eigenvalue weighted by atomic mass is 19.2. The molecular weight excluding hydrogens is 500 g/mol. The number of hydrogen-bond acceptors (Lipinski definition) is 9. The molecule has 0 atom stereocenters. The summed E-state index contributed by atoms with van der Waals surface area (Å²) in [7, 11) is 4.64. The van der Waals surface area contributed by atoms with Gasteiger partial charge in [-0.1, -0.05) is 0 Å². The molecule has 12 heteroatoms. The van der Waals surface area contributed by atoms with E-state index in [2.05, 4.69) is 20.6 Å². The van der Waals surface area contributed by atoms with Crippen molar-refractivity contribution in [3.8, 4) is 28.7 Å². The number of anilines is 2. The zero-order chi connectivity index (χ0) is 27.2. The average Bonchev–Trinajstić information content (AvgIpc) is 2.92. The molecule has 4 N–H and O–H groups in total. The van der Waals surface area contributed by atoms with Crippen LogP contribution in [-0.4, -0.2) is 50.3 Å². The molecule has 0 aliphatic rings. The molecule has 0 aliphatic carbocycles. The van der Waals surface area contributed by atoms with E-state index >= 15 is 4.39 Å². The van der Waals surface area contributed by atoms with Gasteiger partial charge in [-0.15, -0.1) is 0 Å². The number of nitrogens with one attached hydrogen (secondary N) is 2. The molecule has 2 aromatic carbocycles. The van der Waals surface area contributed by atoms with Gasteiger partial charge in [-0.3, -0.25) is 9.78 Å². The van der Waals surface area contributed by atoms with Gasteiger partial charge in [-0.2, -0.15) is 4.39 Å². The molecule has 0 saturated heterocycles. The van der Waals surface area contributed by atoms with E-state index in [1.165, 1.54) is 50.9 Å². The van der Waals surface area contributed by atoms with Crippen LogP contribution in [-0.2, 0) is 0 Å². The molecule has 2 heterocycles. The van der Waals surface area contributed by atoms with Crippen LogP contribution in [0.5, 0.6) is 28.7 Å². The van der Waals surface area contributed by atoms with Gasteiger partial charge in [0.15, 0.2) is 23.1 Å². The average molecular weight is 526 g/mol. The van der Waals surface area contributed by atoms with Crippen LogP contribution in [0.15, 0.2) is 48.8 Å². The number of ether oxygens (including phenoxy) is 4. The molecule has 0 fully saturated rings. The maximum absolute atomic E-state index is 15.0. The van der Waals surface area contributed by atoms with Crippen LogP contribution in [0.4, 0.5) is 20.3 Å². The summed E-state index contributed by atoms with van der Waals surface area (Å²) in [6.45, 7) is 1.03. The van der Waals surface area contributed by atoms with Gasteiger partial charge in [-0.25, -0.2) is 9.37 Å². The van der Waals surface area contributed by atoms with Crippen molar-refractivity contribution in [1.82, 2.24) is 15.3 Å². The first kappa shape index (κ1) is 26.4. The molecule has 2 aromatic heterocycles. The second-order valence-corrected chi connectivity index (χ2v) is 7.89. The van der Waals surface area contributed by atoms with Gasteiger partial charge in [0.2, 0.25) is 5.82 Å². The van der Waals surface area contributed by atoms with Crippen molar-refractivity contribution in [2.24, 2.45) is 0 Å². The first-order chi connectivity index (χ1) is 18.4. The molecule has 38 heavy (non-hydrogen) atoms. The number of amides is 1. The number of hydrogen-bond donors (Lipinski definition) is 3. The van der Waals surface area contributed by atoms with E-state index in [1.54, 1.807) is 12.1 Å². The fourth-order valence-corrected chi connectivity index (χ4v) is 3.56. The normalized spacial score (nSPS) is 10.8. The first-order valence-corrected chi connectivity index (χ1v) is 11.4. The Hall–Kier alpha value is -4.71. The summed E-state index contributed by atoms with van der Waals surface area (Å²) in [5.74, 6) is -2.39. The van der Waals surface area contributed by atoms with Crippen molar-refractivity contribution in [3.05, 3.63) is 66.0 Å². The third kappa shape index (κ3) is 5.49. The Morgan fingerprint density at radius 3 is 2.47 bits per heavy atom. The predicted octanol–water partition coefficient (Wildman–Crippen LogP) is 4.15. The molecule has 0 unspecified atom stereocenters. The molecule has 0 bridgehead atoms. The summed E-state index contributed by atoms with van der Waals surface area (Å²) in [5.41, 5.74) is 5.69. The molecule has 0 spiro atoms. The lowest BCUT2D eigenvalue weighted by Gasteiger charge is -2.15. The molecule has 4 aromatic rings. The van der Waals surface area contributed by atoms with Crippen molar-refractivity contribution >= 4 is 28.3 Å². The number of nitrogens with zero attached hydrogens (tertiary/aromatic N) is 2. The second-order valence-electron chi connectivity index (χ2n) is 7.89. The van der Waals surface area contributed by atoms with Crippen molar-refractivity contribution in [3.63, 3.8) is 0 Å². The topological polar surface area (TPSA) is 130 Å². The quantitative estimate of drug-likeness (QED) is 0.261. The standard InChI is InChI=1S/C26H25F2N5O5/c1-30-8-9-37-22-11-17-14(10-21(22)36-3)18(6-7-31-17)38-19-5-4-16(24(27)25(19)28)33-26(34)15-13-32-23(29)12-20(15)35-2/h4-7,10-13,30H,8-9H2,1-3H3,(H2,29,32)(H,33,34). The van der Waals surface area contributed by atoms with Gasteiger partial charge < -0.3 is 35.3 Å². The lowest BCUT2D eigenvalue weighted by molar-refractivity contribution is 0.102. The second kappa shape index (κ2) is 11.6. The lowest BCUT2D eigenvalue weighted by Crippen LogP contribution is -2.16. The molecule has 4 rings (SSSR count). The van der Waals surface area contributed by atoms with E-state index in [0.29, 0.717) is 35.6 Å². The number of rotatable bonds is 10. The molecule has 0 aliphatic heterocycles. The summed E-state index contributed by atoms with van der Waals surface area (Å²) >= 11 is 0.